The fourth-order valence-corrected chi connectivity index (χ4v) is 3.92. The third kappa shape index (κ3) is 5.94. The number of nitrogens with one attached hydrogen (secondary N) is 1. The number of ether oxygens (including phenoxy) is 3. The van der Waals surface area contributed by atoms with Crippen LogP contribution in [0.2, 0.25) is 0 Å². The second-order valence-corrected chi connectivity index (χ2v) is 7.82. The predicted molar refractivity (Wildman–Crippen MR) is 132 cm³/mol. The Morgan fingerprint density at radius 3 is 2.26 bits per heavy atom. The van der Waals surface area contributed by atoms with Crippen molar-refractivity contribution in [2.24, 2.45) is 0 Å². The SMILES string of the molecule is Br.COC(=O)COc1ccc(C(=O)Cn2c(=N)n(CCN3CCOCC3)c3ccccc32)cc1. The molecular weight excluding hydrogens is 504 g/mol. The van der Waals surface area contributed by atoms with Gasteiger partial charge in [0.2, 0.25) is 5.62 Å². The van der Waals surface area contributed by atoms with Gasteiger partial charge in [-0.15, -0.1) is 17.0 Å². The van der Waals surface area contributed by atoms with Crippen molar-refractivity contribution < 1.29 is 23.8 Å². The normalized spacial score (nSPS) is 13.9. The number of hydrogen-bond donors (Lipinski definition) is 1. The highest BCUT2D eigenvalue weighted by Gasteiger charge is 2.16. The number of rotatable bonds is 9. The Balaban J connectivity index is 0.00000324. The Labute approximate surface area is 208 Å². The van der Waals surface area contributed by atoms with Gasteiger partial charge in [0.05, 0.1) is 37.9 Å². The van der Waals surface area contributed by atoms with Gasteiger partial charge in [-0.1, -0.05) is 12.1 Å². The van der Waals surface area contributed by atoms with Gasteiger partial charge >= 0.3 is 5.97 Å². The van der Waals surface area contributed by atoms with E-state index < -0.39 is 5.97 Å². The third-order valence-corrected chi connectivity index (χ3v) is 5.78. The quantitative estimate of drug-likeness (QED) is 0.335. The number of carbonyl (C=O) groups excluding carboxylic acids is 2. The Hall–Kier alpha value is -2.95. The van der Waals surface area contributed by atoms with Crippen LogP contribution in [-0.4, -0.2) is 72.4 Å². The van der Waals surface area contributed by atoms with Gasteiger partial charge in [0.1, 0.15) is 5.75 Å². The van der Waals surface area contributed by atoms with Crippen LogP contribution in [0.15, 0.2) is 48.5 Å². The maximum absolute atomic E-state index is 13.0. The number of benzene rings is 2. The largest absolute Gasteiger partial charge is 0.482 e. The summed E-state index contributed by atoms with van der Waals surface area (Å²) in [6.07, 6.45) is 0. The third-order valence-electron chi connectivity index (χ3n) is 5.78. The average molecular weight is 533 g/mol. The van der Waals surface area contributed by atoms with Crippen LogP contribution in [0.1, 0.15) is 10.4 Å². The number of halogens is 1. The fraction of sp³-hybridized carbons (Fsp3) is 0.375. The number of morpholine rings is 1. The van der Waals surface area contributed by atoms with E-state index in [4.69, 9.17) is 14.9 Å². The summed E-state index contributed by atoms with van der Waals surface area (Å²) in [5.41, 5.74) is 2.61. The molecule has 1 aliphatic rings. The first kappa shape index (κ1) is 25.7. The molecule has 1 N–H and O–H groups in total. The summed E-state index contributed by atoms with van der Waals surface area (Å²) in [6, 6.07) is 14.4. The van der Waals surface area contributed by atoms with Crippen LogP contribution in [0.3, 0.4) is 0 Å². The molecule has 3 aromatic rings. The molecule has 182 valence electrons. The molecule has 0 aliphatic carbocycles. The fourth-order valence-electron chi connectivity index (χ4n) is 3.92. The van der Waals surface area contributed by atoms with Gasteiger partial charge in [-0.25, -0.2) is 4.79 Å². The Morgan fingerprint density at radius 1 is 0.971 bits per heavy atom. The van der Waals surface area contributed by atoms with Crippen LogP contribution in [0, 0.1) is 5.41 Å². The molecule has 1 aliphatic heterocycles. The molecule has 0 amide bonds. The van der Waals surface area contributed by atoms with E-state index >= 15 is 0 Å². The minimum absolute atomic E-state index is 0. The molecule has 2 aromatic carbocycles. The predicted octanol–water partition coefficient (Wildman–Crippen LogP) is 2.27. The summed E-state index contributed by atoms with van der Waals surface area (Å²) in [6.45, 7) is 4.64. The number of methoxy groups -OCH3 is 1. The highest BCUT2D eigenvalue weighted by Crippen LogP contribution is 2.16. The molecule has 1 saturated heterocycles. The molecule has 0 spiro atoms. The number of hydrogen-bond acceptors (Lipinski definition) is 7. The zero-order valence-electron chi connectivity index (χ0n) is 19.1. The maximum Gasteiger partial charge on any atom is 0.343 e. The molecule has 10 heteroatoms. The van der Waals surface area contributed by atoms with E-state index in [0.29, 0.717) is 23.5 Å². The van der Waals surface area contributed by atoms with Crippen molar-refractivity contribution in [3.8, 4) is 5.75 Å². The van der Waals surface area contributed by atoms with Crippen LogP contribution in [0.4, 0.5) is 0 Å². The smallest absolute Gasteiger partial charge is 0.343 e. The highest BCUT2D eigenvalue weighted by atomic mass is 79.9. The van der Waals surface area contributed by atoms with Gasteiger partial charge < -0.3 is 23.3 Å². The first-order valence-electron chi connectivity index (χ1n) is 10.9. The molecule has 1 fully saturated rings. The number of para-hydroxylation sites is 2. The Kier molecular flexibility index (Phi) is 9.03. The van der Waals surface area contributed by atoms with Crippen LogP contribution < -0.4 is 10.4 Å². The molecule has 9 nitrogen and oxygen atoms in total. The van der Waals surface area contributed by atoms with Crippen molar-refractivity contribution in [3.05, 3.63) is 59.7 Å². The number of carbonyl (C=O) groups is 2. The first-order chi connectivity index (χ1) is 16.1. The van der Waals surface area contributed by atoms with E-state index in [1.807, 2.05) is 28.8 Å². The minimum Gasteiger partial charge on any atom is -0.482 e. The monoisotopic (exact) mass is 532 g/mol. The van der Waals surface area contributed by atoms with E-state index in [1.165, 1.54) is 7.11 Å². The highest BCUT2D eigenvalue weighted by molar-refractivity contribution is 8.93. The summed E-state index contributed by atoms with van der Waals surface area (Å²) < 4.78 is 19.0. The summed E-state index contributed by atoms with van der Waals surface area (Å²) >= 11 is 0. The van der Waals surface area contributed by atoms with Crippen molar-refractivity contribution in [2.75, 3.05) is 46.6 Å². The topological polar surface area (TPSA) is 98.8 Å². The lowest BCUT2D eigenvalue weighted by Gasteiger charge is -2.26. The van der Waals surface area contributed by atoms with Gasteiger partial charge in [-0.3, -0.25) is 15.1 Å². The van der Waals surface area contributed by atoms with E-state index in [9.17, 15) is 9.59 Å². The van der Waals surface area contributed by atoms with Gasteiger partial charge in [-0.05, 0) is 36.4 Å². The number of Topliss-reactive ketones (excluding diaryl/α,β-unsaturated/α-hetero) is 1. The zero-order valence-corrected chi connectivity index (χ0v) is 20.8. The number of aromatic nitrogens is 2. The Morgan fingerprint density at radius 2 is 1.62 bits per heavy atom. The Bertz CT molecular complexity index is 1180. The molecular formula is C24H29BrN4O5. The second kappa shape index (κ2) is 12.0. The van der Waals surface area contributed by atoms with Crippen molar-refractivity contribution in [1.82, 2.24) is 14.0 Å². The lowest BCUT2D eigenvalue weighted by Crippen LogP contribution is -2.39. The molecule has 0 saturated carbocycles. The number of nitrogens with zero attached hydrogens (tertiary/aromatic N) is 3. The second-order valence-electron chi connectivity index (χ2n) is 7.82. The van der Waals surface area contributed by atoms with E-state index in [2.05, 4.69) is 9.64 Å². The standard InChI is InChI=1S/C24H28N4O5.BrH/c1-31-23(30)17-33-19-8-6-18(7-9-19)22(29)16-28-21-5-3-2-4-20(21)27(24(28)25)11-10-26-12-14-32-15-13-26;/h2-9,25H,10-17H2,1H3;1H. The van der Waals surface area contributed by atoms with Crippen molar-refractivity contribution in [1.29, 1.82) is 5.41 Å². The summed E-state index contributed by atoms with van der Waals surface area (Å²) in [4.78, 5) is 26.5. The summed E-state index contributed by atoms with van der Waals surface area (Å²) in [5, 5.41) is 8.76. The van der Waals surface area contributed by atoms with Crippen molar-refractivity contribution in [3.63, 3.8) is 0 Å². The molecule has 0 bridgehead atoms. The van der Waals surface area contributed by atoms with E-state index in [-0.39, 0.29) is 35.9 Å². The lowest BCUT2D eigenvalue weighted by molar-refractivity contribution is -0.142. The van der Waals surface area contributed by atoms with Crippen molar-refractivity contribution >= 4 is 39.8 Å². The number of esters is 1. The first-order valence-corrected chi connectivity index (χ1v) is 10.9. The molecule has 0 atom stereocenters. The van der Waals surface area contributed by atoms with Gasteiger partial charge in [0, 0.05) is 31.7 Å². The zero-order chi connectivity index (χ0) is 23.2. The van der Waals surface area contributed by atoms with Gasteiger partial charge in [-0.2, -0.15) is 0 Å². The molecule has 34 heavy (non-hydrogen) atoms. The number of fused-ring (bicyclic) bond motifs is 1. The number of ketones is 1. The molecule has 0 unspecified atom stereocenters. The lowest BCUT2D eigenvalue weighted by atomic mass is 10.1. The molecule has 0 radical (unpaired) electrons. The van der Waals surface area contributed by atoms with Crippen LogP contribution >= 0.6 is 17.0 Å². The van der Waals surface area contributed by atoms with E-state index in [1.54, 1.807) is 28.8 Å². The summed E-state index contributed by atoms with van der Waals surface area (Å²) in [7, 11) is 1.30. The number of imidazole rings is 1. The average Bonchev–Trinajstić information content (AvgIpc) is 3.12. The molecule has 1 aromatic heterocycles. The van der Waals surface area contributed by atoms with E-state index in [0.717, 1.165) is 43.9 Å². The van der Waals surface area contributed by atoms with Gasteiger partial charge in [0.15, 0.2) is 12.4 Å². The molecule has 2 heterocycles. The summed E-state index contributed by atoms with van der Waals surface area (Å²) in [5.74, 6) is -0.103. The van der Waals surface area contributed by atoms with Crippen LogP contribution in [0.5, 0.6) is 5.75 Å². The van der Waals surface area contributed by atoms with Crippen molar-refractivity contribution in [2.45, 2.75) is 13.1 Å². The maximum atomic E-state index is 13.0. The molecule has 4 rings (SSSR count). The van der Waals surface area contributed by atoms with Gasteiger partial charge in [0.25, 0.3) is 0 Å². The van der Waals surface area contributed by atoms with Crippen LogP contribution in [0.25, 0.3) is 11.0 Å². The van der Waals surface area contributed by atoms with Crippen LogP contribution in [-0.2, 0) is 27.4 Å². The minimum atomic E-state index is -0.473.